The first-order valence-electron chi connectivity index (χ1n) is 4.43. The van der Waals surface area contributed by atoms with Gasteiger partial charge in [0.1, 0.15) is 0 Å². The molecule has 0 radical (unpaired) electrons. The Bertz CT molecular complexity index is 576. The van der Waals surface area contributed by atoms with Crippen LogP contribution in [0.1, 0.15) is 0 Å². The van der Waals surface area contributed by atoms with Crippen molar-refractivity contribution in [2.45, 2.75) is 35.1 Å². The lowest BCUT2D eigenvalue weighted by molar-refractivity contribution is -0.433. The average molecular weight is 380 g/mol. The van der Waals surface area contributed by atoms with Crippen LogP contribution in [0.3, 0.4) is 0 Å². The molecule has 22 heavy (non-hydrogen) atoms. The molecule has 0 N–H and O–H groups in total. The van der Waals surface area contributed by atoms with Crippen molar-refractivity contribution in [2.24, 2.45) is 0 Å². The zero-order chi connectivity index (χ0) is 18.2. The SMILES string of the molecule is O=S1(=O)OC(F)(F)[C@@]1(F)C(F)(F)C(F)(F)C(F)(F)C(F)(F)F. The highest BCUT2D eigenvalue weighted by Crippen LogP contribution is 2.65. The predicted molar refractivity (Wildman–Crippen MR) is 39.7 cm³/mol. The molecular formula is C6F12O3S. The molecule has 0 aromatic heterocycles. The summed E-state index contributed by atoms with van der Waals surface area (Å²) < 4.78 is 173. The molecule has 0 unspecified atom stereocenters. The highest BCUT2D eigenvalue weighted by molar-refractivity contribution is 7.89. The van der Waals surface area contributed by atoms with Crippen LogP contribution in [-0.4, -0.2) is 43.5 Å². The highest BCUT2D eigenvalue weighted by atomic mass is 32.2. The number of halogens is 12. The molecule has 0 spiro atoms. The van der Waals surface area contributed by atoms with Gasteiger partial charge in [0.2, 0.25) is 0 Å². The molecule has 1 rings (SSSR count). The molecule has 0 bridgehead atoms. The van der Waals surface area contributed by atoms with E-state index < -0.39 is 45.2 Å². The summed E-state index contributed by atoms with van der Waals surface area (Å²) in [5.74, 6) is -23.3. The van der Waals surface area contributed by atoms with E-state index in [9.17, 15) is 61.1 Å². The minimum Gasteiger partial charge on any atom is -0.206 e. The summed E-state index contributed by atoms with van der Waals surface area (Å²) in [6, 6.07) is 0. The second-order valence-electron chi connectivity index (χ2n) is 3.87. The molecule has 3 nitrogen and oxygen atoms in total. The first kappa shape index (κ1) is 19.1. The van der Waals surface area contributed by atoms with Gasteiger partial charge in [-0.2, -0.15) is 60.9 Å². The van der Waals surface area contributed by atoms with Crippen molar-refractivity contribution in [2.75, 3.05) is 0 Å². The molecule has 1 saturated heterocycles. The van der Waals surface area contributed by atoms with E-state index in [0.717, 1.165) is 0 Å². The largest absolute Gasteiger partial charge is 0.460 e. The molecule has 0 aliphatic carbocycles. The van der Waals surface area contributed by atoms with E-state index in [1.54, 1.807) is 0 Å². The Hall–Kier alpha value is -0.930. The lowest BCUT2D eigenvalue weighted by Crippen LogP contribution is -2.79. The van der Waals surface area contributed by atoms with Crippen LogP contribution in [0, 0.1) is 0 Å². The maximum Gasteiger partial charge on any atom is 0.460 e. The Morgan fingerprint density at radius 2 is 1.09 bits per heavy atom. The molecular weight excluding hydrogens is 380 g/mol. The molecule has 0 aromatic carbocycles. The fourth-order valence-corrected chi connectivity index (χ4v) is 2.44. The Labute approximate surface area is 111 Å². The molecule has 1 heterocycles. The lowest BCUT2D eigenvalue weighted by Gasteiger charge is -2.46. The van der Waals surface area contributed by atoms with Gasteiger partial charge in [-0.25, -0.2) is 4.39 Å². The van der Waals surface area contributed by atoms with Crippen LogP contribution in [0.5, 0.6) is 0 Å². The number of alkyl halides is 12. The third-order valence-electron chi connectivity index (χ3n) is 2.48. The van der Waals surface area contributed by atoms with E-state index in [2.05, 4.69) is 4.18 Å². The van der Waals surface area contributed by atoms with Crippen molar-refractivity contribution in [3.63, 3.8) is 0 Å². The van der Waals surface area contributed by atoms with E-state index in [-0.39, 0.29) is 0 Å². The predicted octanol–water partition coefficient (Wildman–Crippen LogP) is 3.07. The van der Waals surface area contributed by atoms with Gasteiger partial charge in [0.05, 0.1) is 0 Å². The van der Waals surface area contributed by atoms with Gasteiger partial charge in [0.25, 0.3) is 0 Å². The monoisotopic (exact) mass is 380 g/mol. The summed E-state index contributed by atoms with van der Waals surface area (Å²) in [4.78, 5) is 0. The van der Waals surface area contributed by atoms with Crippen molar-refractivity contribution < 1.29 is 65.3 Å². The molecule has 0 amide bonds. The third-order valence-corrected chi connectivity index (χ3v) is 4.09. The minimum absolute atomic E-state index is 2.23. The number of hydrogen-bond donors (Lipinski definition) is 0. The maximum absolute atomic E-state index is 13.3. The van der Waals surface area contributed by atoms with Crippen LogP contribution >= 0.6 is 0 Å². The fraction of sp³-hybridized carbons (Fsp3) is 1.00. The number of hydrogen-bond acceptors (Lipinski definition) is 3. The average Bonchev–Trinajstić information content (AvgIpc) is 2.23. The Morgan fingerprint density at radius 3 is 1.32 bits per heavy atom. The van der Waals surface area contributed by atoms with Gasteiger partial charge < -0.3 is 0 Å². The van der Waals surface area contributed by atoms with E-state index in [4.69, 9.17) is 0 Å². The van der Waals surface area contributed by atoms with Crippen molar-refractivity contribution in [1.29, 1.82) is 0 Å². The zero-order valence-corrected chi connectivity index (χ0v) is 9.99. The van der Waals surface area contributed by atoms with Crippen LogP contribution in [0.15, 0.2) is 0 Å². The fourth-order valence-electron chi connectivity index (χ4n) is 1.28. The van der Waals surface area contributed by atoms with Gasteiger partial charge in [-0.15, -0.1) is 0 Å². The molecule has 16 heteroatoms. The van der Waals surface area contributed by atoms with Crippen LogP contribution in [-0.2, 0) is 14.3 Å². The summed E-state index contributed by atoms with van der Waals surface area (Å²) >= 11 is 0. The number of rotatable bonds is 3. The topological polar surface area (TPSA) is 43.4 Å². The molecule has 0 aromatic rings. The Kier molecular flexibility index (Phi) is 3.58. The zero-order valence-electron chi connectivity index (χ0n) is 9.17. The standard InChI is InChI=1S/C6F12O3S/c7-1(8,3(11,12)5(14,15)16)2(9,10)4(13)6(17,18)21-22(4,19)20/t4-/m1/s1. The van der Waals surface area contributed by atoms with Gasteiger partial charge in [0.15, 0.2) is 0 Å². The summed E-state index contributed by atoms with van der Waals surface area (Å²) in [7, 11) is -6.92. The summed E-state index contributed by atoms with van der Waals surface area (Å²) in [5, 5.41) is -6.83. The van der Waals surface area contributed by atoms with Crippen molar-refractivity contribution >= 4 is 10.1 Å². The lowest BCUT2D eigenvalue weighted by atomic mass is 9.98. The smallest absolute Gasteiger partial charge is 0.206 e. The molecule has 0 saturated carbocycles. The maximum atomic E-state index is 13.3. The summed E-state index contributed by atoms with van der Waals surface area (Å²) in [5.41, 5.74) is 0. The van der Waals surface area contributed by atoms with Gasteiger partial charge in [-0.05, 0) is 0 Å². The van der Waals surface area contributed by atoms with Crippen LogP contribution in [0.2, 0.25) is 0 Å². The highest BCUT2D eigenvalue weighted by Gasteiger charge is 2.98. The van der Waals surface area contributed by atoms with Gasteiger partial charge >= 0.3 is 45.2 Å². The van der Waals surface area contributed by atoms with Gasteiger partial charge in [-0.3, -0.25) is 0 Å². The van der Waals surface area contributed by atoms with E-state index in [0.29, 0.717) is 0 Å². The van der Waals surface area contributed by atoms with Crippen LogP contribution in [0.25, 0.3) is 0 Å². The summed E-state index contributed by atoms with van der Waals surface area (Å²) in [6.07, 6.45) is -13.7. The van der Waals surface area contributed by atoms with Gasteiger partial charge in [-0.1, -0.05) is 0 Å². The normalized spacial score (nSPS) is 29.1. The molecule has 1 aliphatic heterocycles. The van der Waals surface area contributed by atoms with Crippen molar-refractivity contribution in [1.82, 2.24) is 0 Å². The first-order valence-corrected chi connectivity index (χ1v) is 5.83. The van der Waals surface area contributed by atoms with Crippen LogP contribution < -0.4 is 0 Å². The quantitative estimate of drug-likeness (QED) is 0.559. The molecule has 1 atom stereocenters. The molecule has 1 aliphatic rings. The van der Waals surface area contributed by atoms with E-state index >= 15 is 0 Å². The van der Waals surface area contributed by atoms with Crippen molar-refractivity contribution in [3.8, 4) is 0 Å². The molecule has 132 valence electrons. The van der Waals surface area contributed by atoms with Crippen LogP contribution in [0.4, 0.5) is 52.7 Å². The van der Waals surface area contributed by atoms with E-state index in [1.807, 2.05) is 0 Å². The molecule has 1 fully saturated rings. The Balaban J connectivity index is 3.60. The van der Waals surface area contributed by atoms with E-state index in [1.165, 1.54) is 0 Å². The Morgan fingerprint density at radius 1 is 0.727 bits per heavy atom. The second kappa shape index (κ2) is 4.12. The first-order chi connectivity index (χ1) is 9.21. The second-order valence-corrected chi connectivity index (χ2v) is 5.51. The van der Waals surface area contributed by atoms with Gasteiger partial charge in [0, 0.05) is 0 Å². The van der Waals surface area contributed by atoms with Crippen molar-refractivity contribution in [3.05, 3.63) is 0 Å². The summed E-state index contributed by atoms with van der Waals surface area (Å²) in [6.45, 7) is 0. The third kappa shape index (κ3) is 1.78. The minimum atomic E-state index is -7.88.